The van der Waals surface area contributed by atoms with Gasteiger partial charge in [-0.05, 0) is 32.1 Å². The first kappa shape index (κ1) is 13.6. The lowest BCUT2D eigenvalue weighted by Gasteiger charge is -2.33. The van der Waals surface area contributed by atoms with Crippen LogP contribution in [0.2, 0.25) is 0 Å². The van der Waals surface area contributed by atoms with E-state index >= 15 is 0 Å². The van der Waals surface area contributed by atoms with E-state index < -0.39 is 0 Å². The van der Waals surface area contributed by atoms with Gasteiger partial charge in [0, 0.05) is 43.5 Å². The Morgan fingerprint density at radius 3 is 2.94 bits per heavy atom. The summed E-state index contributed by atoms with van der Waals surface area (Å²) < 4.78 is 3.11. The summed E-state index contributed by atoms with van der Waals surface area (Å²) in [4.78, 5) is 10.8. The van der Waals surface area contributed by atoms with E-state index in [2.05, 4.69) is 26.5 Å². The third kappa shape index (κ3) is 3.57. The minimum Gasteiger partial charge on any atom is -0.356 e. The van der Waals surface area contributed by atoms with E-state index in [1.54, 1.807) is 6.33 Å². The molecule has 3 N–H and O–H groups in total. The number of rotatable bonds is 5. The molecule has 0 bridgehead atoms. The van der Waals surface area contributed by atoms with Crippen molar-refractivity contribution in [1.29, 1.82) is 0 Å². The quantitative estimate of drug-likeness (QED) is 0.622. The lowest BCUT2D eigenvalue weighted by Crippen LogP contribution is -2.35. The molecule has 1 aliphatic heterocycles. The van der Waals surface area contributed by atoms with Gasteiger partial charge in [-0.1, -0.05) is 0 Å². The van der Waals surface area contributed by atoms with E-state index in [1.807, 2.05) is 6.20 Å². The summed E-state index contributed by atoms with van der Waals surface area (Å²) in [6, 6.07) is 0. The minimum atomic E-state index is 0.808. The number of aromatic nitrogens is 2. The van der Waals surface area contributed by atoms with E-state index in [0.717, 1.165) is 36.9 Å². The first-order valence-electron chi connectivity index (χ1n) is 6.41. The maximum absolute atomic E-state index is 5.34. The van der Waals surface area contributed by atoms with E-state index in [1.165, 1.54) is 31.4 Å². The van der Waals surface area contributed by atoms with Gasteiger partial charge in [-0.15, -0.1) is 0 Å². The molecule has 2 heterocycles. The molecule has 6 heteroatoms. The molecule has 2 rings (SSSR count). The Hall–Kier alpha value is -0.850. The fraction of sp³-hybridized carbons (Fsp3) is 0.667. The second kappa shape index (κ2) is 6.92. The summed E-state index contributed by atoms with van der Waals surface area (Å²) in [5, 5.41) is 5.34. The predicted molar refractivity (Wildman–Crippen MR) is 76.1 cm³/mol. The summed E-state index contributed by atoms with van der Waals surface area (Å²) in [7, 11) is 0. The fourth-order valence-electron chi connectivity index (χ4n) is 2.48. The average molecular weight is 267 g/mol. The number of piperidine rings is 1. The molecule has 1 aliphatic rings. The van der Waals surface area contributed by atoms with Crippen LogP contribution in [0.15, 0.2) is 12.5 Å². The lowest BCUT2D eigenvalue weighted by atomic mass is 9.93. The van der Waals surface area contributed by atoms with Gasteiger partial charge in [0.1, 0.15) is 12.1 Å². The molecular formula is C12H21N5S. The molecule has 0 amide bonds. The van der Waals surface area contributed by atoms with Crippen LogP contribution in [0.25, 0.3) is 0 Å². The summed E-state index contributed by atoms with van der Waals surface area (Å²) in [5.74, 6) is 1.90. The van der Waals surface area contributed by atoms with Gasteiger partial charge in [0.2, 0.25) is 0 Å². The van der Waals surface area contributed by atoms with Gasteiger partial charge in [0.15, 0.2) is 0 Å². The topological polar surface area (TPSA) is 67.1 Å². The fourth-order valence-corrected chi connectivity index (χ4v) is 2.71. The Bertz CT molecular complexity index is 365. The van der Waals surface area contributed by atoms with Crippen molar-refractivity contribution in [2.45, 2.75) is 26.2 Å². The van der Waals surface area contributed by atoms with Gasteiger partial charge in [-0.3, -0.25) is 9.86 Å². The normalized spacial score (nSPS) is 17.1. The molecule has 0 atom stereocenters. The maximum Gasteiger partial charge on any atom is 0.134 e. The molecule has 0 radical (unpaired) electrons. The Labute approximate surface area is 113 Å². The molecule has 0 aromatic carbocycles. The van der Waals surface area contributed by atoms with E-state index in [4.69, 9.17) is 5.14 Å². The number of anilines is 1. The zero-order valence-electron chi connectivity index (χ0n) is 10.8. The van der Waals surface area contributed by atoms with E-state index in [0.29, 0.717) is 0 Å². The van der Waals surface area contributed by atoms with E-state index in [-0.39, 0.29) is 0 Å². The smallest absolute Gasteiger partial charge is 0.134 e. The number of aryl methyl sites for hydroxylation is 1. The van der Waals surface area contributed by atoms with Crippen LogP contribution < -0.4 is 14.8 Å². The molecule has 1 aromatic rings. The predicted octanol–water partition coefficient (Wildman–Crippen LogP) is 1.50. The van der Waals surface area contributed by atoms with Crippen molar-refractivity contribution in [3.8, 4) is 0 Å². The summed E-state index contributed by atoms with van der Waals surface area (Å²) in [6.07, 6.45) is 7.20. The maximum atomic E-state index is 5.34. The van der Waals surface area contributed by atoms with E-state index in [9.17, 15) is 0 Å². The minimum absolute atomic E-state index is 0.808. The summed E-state index contributed by atoms with van der Waals surface area (Å²) >= 11 is 1.21. The Morgan fingerprint density at radius 1 is 1.50 bits per heavy atom. The number of hydrogen-bond donors (Lipinski definition) is 2. The number of hydrogen-bond acceptors (Lipinski definition) is 6. The van der Waals surface area contributed by atoms with Gasteiger partial charge in [0.05, 0.1) is 0 Å². The standard InChI is InChI=1S/C12H21N5S/c1-10-8-14-9-15-12(10)17-6-3-11(4-7-17)2-5-16-18-13/h8-9,11,16H,2-7,13H2,1H3. The monoisotopic (exact) mass is 267 g/mol. The summed E-state index contributed by atoms with van der Waals surface area (Å²) in [6.45, 7) is 5.26. The second-order valence-corrected chi connectivity index (χ2v) is 5.29. The highest BCUT2D eigenvalue weighted by molar-refractivity contribution is 7.95. The van der Waals surface area contributed by atoms with Gasteiger partial charge >= 0.3 is 0 Å². The zero-order chi connectivity index (χ0) is 12.8. The molecular weight excluding hydrogens is 246 g/mol. The highest BCUT2D eigenvalue weighted by atomic mass is 32.2. The summed E-state index contributed by atoms with van der Waals surface area (Å²) in [5.41, 5.74) is 1.16. The molecule has 1 saturated heterocycles. The Kier molecular flexibility index (Phi) is 5.22. The Morgan fingerprint density at radius 2 is 2.28 bits per heavy atom. The number of nitrogens with zero attached hydrogens (tertiary/aromatic N) is 3. The molecule has 1 fully saturated rings. The zero-order valence-corrected chi connectivity index (χ0v) is 11.6. The van der Waals surface area contributed by atoms with Crippen LogP contribution in [0.3, 0.4) is 0 Å². The van der Waals surface area contributed by atoms with Gasteiger partial charge in [-0.25, -0.2) is 9.97 Å². The highest BCUT2D eigenvalue weighted by Crippen LogP contribution is 2.25. The van der Waals surface area contributed by atoms with Crippen LogP contribution in [-0.2, 0) is 0 Å². The third-order valence-electron chi connectivity index (χ3n) is 3.52. The largest absolute Gasteiger partial charge is 0.356 e. The number of nitrogens with two attached hydrogens (primary N) is 1. The molecule has 0 saturated carbocycles. The van der Waals surface area contributed by atoms with Crippen LogP contribution in [-0.4, -0.2) is 29.6 Å². The third-order valence-corrected chi connectivity index (χ3v) is 3.89. The van der Waals surface area contributed by atoms with Crippen molar-refractivity contribution in [3.63, 3.8) is 0 Å². The van der Waals surface area contributed by atoms with Gasteiger partial charge in [-0.2, -0.15) is 0 Å². The molecule has 100 valence electrons. The molecule has 1 aromatic heterocycles. The van der Waals surface area contributed by atoms with Crippen molar-refractivity contribution < 1.29 is 0 Å². The molecule has 0 aliphatic carbocycles. The van der Waals surface area contributed by atoms with Crippen LogP contribution in [0.5, 0.6) is 0 Å². The molecule has 18 heavy (non-hydrogen) atoms. The van der Waals surface area contributed by atoms with Crippen molar-refractivity contribution >= 4 is 18.0 Å². The highest BCUT2D eigenvalue weighted by Gasteiger charge is 2.20. The molecule has 5 nitrogen and oxygen atoms in total. The van der Waals surface area contributed by atoms with Gasteiger partial charge < -0.3 is 4.90 Å². The van der Waals surface area contributed by atoms with Crippen molar-refractivity contribution in [2.75, 3.05) is 24.5 Å². The average Bonchev–Trinajstić information content (AvgIpc) is 2.41. The first-order chi connectivity index (χ1) is 8.81. The van der Waals surface area contributed by atoms with Crippen molar-refractivity contribution in [1.82, 2.24) is 14.7 Å². The first-order valence-corrected chi connectivity index (χ1v) is 7.29. The number of nitrogens with one attached hydrogen (secondary N) is 1. The SMILES string of the molecule is Cc1cncnc1N1CCC(CCNSN)CC1. The van der Waals surface area contributed by atoms with Gasteiger partial charge in [0.25, 0.3) is 0 Å². The van der Waals surface area contributed by atoms with Crippen LogP contribution in [0, 0.1) is 12.8 Å². The second-order valence-electron chi connectivity index (χ2n) is 4.76. The van der Waals surface area contributed by atoms with Crippen LogP contribution in [0.1, 0.15) is 24.8 Å². The Balaban J connectivity index is 1.81. The van der Waals surface area contributed by atoms with Crippen molar-refractivity contribution in [3.05, 3.63) is 18.1 Å². The van der Waals surface area contributed by atoms with Crippen LogP contribution >= 0.6 is 12.1 Å². The molecule has 0 unspecified atom stereocenters. The molecule has 0 spiro atoms. The van der Waals surface area contributed by atoms with Crippen LogP contribution in [0.4, 0.5) is 5.82 Å². The lowest BCUT2D eigenvalue weighted by molar-refractivity contribution is 0.382. The van der Waals surface area contributed by atoms with Crippen molar-refractivity contribution in [2.24, 2.45) is 11.1 Å².